The first-order valence-electron chi connectivity index (χ1n) is 10.2. The van der Waals surface area contributed by atoms with Gasteiger partial charge in [-0.15, -0.1) is 0 Å². The molecule has 0 aliphatic rings. The Morgan fingerprint density at radius 3 is 1.57 bits per heavy atom. The molecule has 0 aliphatic carbocycles. The molecule has 0 fully saturated rings. The molecule has 0 bridgehead atoms. The van der Waals surface area contributed by atoms with Gasteiger partial charge in [-0.2, -0.15) is 11.8 Å². The summed E-state index contributed by atoms with van der Waals surface area (Å²) in [5, 5.41) is 18.6. The highest BCUT2D eigenvalue weighted by atomic mass is 32.2. The van der Waals surface area contributed by atoms with Crippen molar-refractivity contribution in [2.75, 3.05) is 19.0 Å². The van der Waals surface area contributed by atoms with Gasteiger partial charge < -0.3 is 10.2 Å². The van der Waals surface area contributed by atoms with Crippen molar-refractivity contribution in [2.45, 2.75) is 108 Å². The fourth-order valence-corrected chi connectivity index (χ4v) is 4.16. The zero-order valence-electron chi connectivity index (χ0n) is 15.6. The molecule has 1 atom stereocenters. The van der Waals surface area contributed by atoms with Crippen LogP contribution < -0.4 is 0 Å². The molecular formula is C20H42O2S. The zero-order valence-corrected chi connectivity index (χ0v) is 16.4. The van der Waals surface area contributed by atoms with Crippen molar-refractivity contribution in [3.05, 3.63) is 0 Å². The van der Waals surface area contributed by atoms with Gasteiger partial charge >= 0.3 is 0 Å². The van der Waals surface area contributed by atoms with Crippen LogP contribution in [0.5, 0.6) is 0 Å². The largest absolute Gasteiger partial charge is 0.396 e. The third kappa shape index (κ3) is 18.4. The second kappa shape index (κ2) is 20.3. The molecule has 0 aromatic carbocycles. The van der Waals surface area contributed by atoms with Crippen LogP contribution in [-0.2, 0) is 0 Å². The summed E-state index contributed by atoms with van der Waals surface area (Å²) in [6, 6.07) is 0. The molecule has 0 aromatic rings. The van der Waals surface area contributed by atoms with Crippen molar-refractivity contribution < 1.29 is 10.2 Å². The van der Waals surface area contributed by atoms with E-state index in [0.29, 0.717) is 13.2 Å². The summed E-state index contributed by atoms with van der Waals surface area (Å²) < 4.78 is 0. The van der Waals surface area contributed by atoms with Gasteiger partial charge in [-0.3, -0.25) is 0 Å². The summed E-state index contributed by atoms with van der Waals surface area (Å²) in [6.45, 7) is 2.94. The molecule has 0 amide bonds. The molecule has 0 spiro atoms. The monoisotopic (exact) mass is 346 g/mol. The molecule has 0 heterocycles. The first-order valence-corrected chi connectivity index (χ1v) is 11.2. The number of aliphatic hydroxyl groups is 2. The maximum atomic E-state index is 9.06. The zero-order chi connectivity index (χ0) is 17.0. The second-order valence-electron chi connectivity index (χ2n) is 6.76. The Balaban J connectivity index is 3.56. The van der Waals surface area contributed by atoms with Gasteiger partial charge in [0, 0.05) is 17.6 Å². The average molecular weight is 347 g/mol. The van der Waals surface area contributed by atoms with E-state index in [9.17, 15) is 0 Å². The Bertz CT molecular complexity index is 194. The highest BCUT2D eigenvalue weighted by Gasteiger charge is 2.08. The van der Waals surface area contributed by atoms with Crippen LogP contribution in [0.25, 0.3) is 0 Å². The maximum absolute atomic E-state index is 9.06. The van der Waals surface area contributed by atoms with E-state index in [-0.39, 0.29) is 0 Å². The van der Waals surface area contributed by atoms with E-state index in [1.54, 1.807) is 0 Å². The van der Waals surface area contributed by atoms with Crippen LogP contribution in [0.3, 0.4) is 0 Å². The molecule has 140 valence electrons. The summed E-state index contributed by atoms with van der Waals surface area (Å²) in [7, 11) is 0. The predicted molar refractivity (Wildman–Crippen MR) is 105 cm³/mol. The Hall–Kier alpha value is 0.270. The van der Waals surface area contributed by atoms with Gasteiger partial charge in [-0.1, -0.05) is 84.0 Å². The lowest BCUT2D eigenvalue weighted by Gasteiger charge is -2.16. The Morgan fingerprint density at radius 1 is 0.609 bits per heavy atom. The van der Waals surface area contributed by atoms with Gasteiger partial charge in [0.15, 0.2) is 0 Å². The Labute approximate surface area is 149 Å². The van der Waals surface area contributed by atoms with Gasteiger partial charge in [0.2, 0.25) is 0 Å². The van der Waals surface area contributed by atoms with E-state index in [2.05, 4.69) is 6.92 Å². The number of hydrogen-bond donors (Lipinski definition) is 2. The topological polar surface area (TPSA) is 40.5 Å². The van der Waals surface area contributed by atoms with Crippen molar-refractivity contribution in [3.8, 4) is 0 Å². The molecule has 3 heteroatoms. The summed E-state index contributed by atoms with van der Waals surface area (Å²) >= 11 is 1.98. The number of hydrogen-bond acceptors (Lipinski definition) is 3. The quantitative estimate of drug-likeness (QED) is 0.284. The van der Waals surface area contributed by atoms with Crippen LogP contribution in [0.2, 0.25) is 0 Å². The van der Waals surface area contributed by atoms with E-state index < -0.39 is 0 Å². The number of thioether (sulfide) groups is 1. The molecule has 23 heavy (non-hydrogen) atoms. The Morgan fingerprint density at radius 2 is 1.09 bits per heavy atom. The third-order valence-corrected chi connectivity index (χ3v) is 5.87. The van der Waals surface area contributed by atoms with Crippen LogP contribution in [0, 0.1) is 0 Å². The lowest BCUT2D eigenvalue weighted by Crippen LogP contribution is -2.05. The third-order valence-electron chi connectivity index (χ3n) is 4.51. The smallest absolute Gasteiger partial charge is 0.0521 e. The SMILES string of the molecule is CCCCCCCCCC(CCCCCCCCO)SCCO. The van der Waals surface area contributed by atoms with Crippen molar-refractivity contribution in [1.82, 2.24) is 0 Å². The fourth-order valence-electron chi connectivity index (χ4n) is 3.05. The molecule has 0 saturated carbocycles. The van der Waals surface area contributed by atoms with Gasteiger partial charge in [-0.05, 0) is 19.3 Å². The van der Waals surface area contributed by atoms with Crippen LogP contribution in [0.1, 0.15) is 103 Å². The van der Waals surface area contributed by atoms with E-state index >= 15 is 0 Å². The first kappa shape index (κ1) is 23.3. The van der Waals surface area contributed by atoms with E-state index in [0.717, 1.165) is 17.4 Å². The molecule has 0 aromatic heterocycles. The lowest BCUT2D eigenvalue weighted by atomic mass is 10.0. The van der Waals surface area contributed by atoms with E-state index in [1.165, 1.54) is 89.9 Å². The minimum absolute atomic E-state index is 0.319. The van der Waals surface area contributed by atoms with Crippen molar-refractivity contribution in [3.63, 3.8) is 0 Å². The van der Waals surface area contributed by atoms with Crippen LogP contribution >= 0.6 is 11.8 Å². The number of rotatable bonds is 19. The summed E-state index contributed by atoms with van der Waals surface area (Å²) in [5.41, 5.74) is 0. The highest BCUT2D eigenvalue weighted by molar-refractivity contribution is 7.99. The lowest BCUT2D eigenvalue weighted by molar-refractivity contribution is 0.282. The van der Waals surface area contributed by atoms with Crippen molar-refractivity contribution >= 4 is 11.8 Å². The minimum Gasteiger partial charge on any atom is -0.396 e. The molecule has 1 unspecified atom stereocenters. The van der Waals surface area contributed by atoms with Crippen LogP contribution in [-0.4, -0.2) is 34.4 Å². The van der Waals surface area contributed by atoms with E-state index in [4.69, 9.17) is 10.2 Å². The van der Waals surface area contributed by atoms with Gasteiger partial charge in [0.25, 0.3) is 0 Å². The van der Waals surface area contributed by atoms with Gasteiger partial charge in [-0.25, -0.2) is 0 Å². The predicted octanol–water partition coefficient (Wildman–Crippen LogP) is 5.94. The summed E-state index contributed by atoms with van der Waals surface area (Å²) in [4.78, 5) is 0. The van der Waals surface area contributed by atoms with Gasteiger partial charge in [0.05, 0.1) is 6.61 Å². The molecule has 0 saturated heterocycles. The highest BCUT2D eigenvalue weighted by Crippen LogP contribution is 2.24. The number of aliphatic hydroxyl groups excluding tert-OH is 2. The standard InChI is InChI=1S/C20H42O2S/c1-2-3-4-5-6-9-12-15-20(23-19-18-22)16-13-10-7-8-11-14-17-21/h20-22H,2-19H2,1H3. The fraction of sp³-hybridized carbons (Fsp3) is 1.00. The molecule has 0 rings (SSSR count). The maximum Gasteiger partial charge on any atom is 0.0521 e. The van der Waals surface area contributed by atoms with Crippen molar-refractivity contribution in [2.24, 2.45) is 0 Å². The molecule has 2 N–H and O–H groups in total. The normalized spacial score (nSPS) is 12.7. The van der Waals surface area contributed by atoms with Gasteiger partial charge in [0.1, 0.15) is 0 Å². The minimum atomic E-state index is 0.319. The average Bonchev–Trinajstić information content (AvgIpc) is 2.57. The first-order chi connectivity index (χ1) is 11.3. The van der Waals surface area contributed by atoms with Crippen molar-refractivity contribution in [1.29, 1.82) is 0 Å². The molecule has 0 radical (unpaired) electrons. The molecule has 0 aliphatic heterocycles. The van der Waals surface area contributed by atoms with Crippen LogP contribution in [0.4, 0.5) is 0 Å². The van der Waals surface area contributed by atoms with E-state index in [1.807, 2.05) is 11.8 Å². The molecule has 2 nitrogen and oxygen atoms in total. The second-order valence-corrected chi connectivity index (χ2v) is 8.17. The molecular weight excluding hydrogens is 304 g/mol. The summed E-state index contributed by atoms with van der Waals surface area (Å²) in [5.74, 6) is 0.900. The van der Waals surface area contributed by atoms with Crippen LogP contribution in [0.15, 0.2) is 0 Å². The Kier molecular flexibility index (Phi) is 20.6. The number of unbranched alkanes of at least 4 members (excludes halogenated alkanes) is 11. The summed E-state index contributed by atoms with van der Waals surface area (Å²) in [6.07, 6.45) is 19.8.